The second-order valence-corrected chi connectivity index (χ2v) is 5.88. The molecule has 1 rings (SSSR count). The molecule has 20 heavy (non-hydrogen) atoms. The van der Waals surface area contributed by atoms with Gasteiger partial charge in [-0.25, -0.2) is 0 Å². The predicted molar refractivity (Wildman–Crippen MR) is 78.2 cm³/mol. The third-order valence-electron chi connectivity index (χ3n) is 2.96. The molecule has 0 radical (unpaired) electrons. The van der Waals surface area contributed by atoms with Gasteiger partial charge in [-0.15, -0.1) is 0 Å². The van der Waals surface area contributed by atoms with Crippen LogP contribution in [0.1, 0.15) is 34.1 Å². The molecule has 0 aliphatic heterocycles. The normalized spacial score (nSPS) is 12.6. The first-order valence-electron chi connectivity index (χ1n) is 6.69. The van der Waals surface area contributed by atoms with Gasteiger partial charge < -0.3 is 10.2 Å². The van der Waals surface area contributed by atoms with Crippen LogP contribution < -0.4 is 5.32 Å². The molecule has 6 nitrogen and oxygen atoms in total. The molecule has 1 aromatic rings. The number of nitriles is 1. The van der Waals surface area contributed by atoms with Crippen LogP contribution in [0, 0.1) is 11.3 Å². The van der Waals surface area contributed by atoms with Crippen LogP contribution in [0.2, 0.25) is 0 Å². The number of anilines is 1. The van der Waals surface area contributed by atoms with E-state index in [-0.39, 0.29) is 17.5 Å². The van der Waals surface area contributed by atoms with Gasteiger partial charge in [-0.1, -0.05) is 0 Å². The first kappa shape index (κ1) is 16.0. The molecule has 0 aromatic carbocycles. The lowest BCUT2D eigenvalue weighted by Crippen LogP contribution is -2.39. The van der Waals surface area contributed by atoms with Crippen LogP contribution in [0.25, 0.3) is 0 Å². The van der Waals surface area contributed by atoms with Gasteiger partial charge in [0.15, 0.2) is 0 Å². The van der Waals surface area contributed by atoms with Crippen molar-refractivity contribution in [2.75, 3.05) is 18.9 Å². The zero-order valence-corrected chi connectivity index (χ0v) is 12.8. The molecule has 1 unspecified atom stereocenters. The van der Waals surface area contributed by atoms with E-state index in [9.17, 15) is 4.79 Å². The molecule has 0 fully saturated rings. The molecule has 0 saturated carbocycles. The van der Waals surface area contributed by atoms with Gasteiger partial charge in [0.1, 0.15) is 6.04 Å². The standard InChI is InChI=1S/C14H23N5O/c1-11(13(20)18(5)8-6-7-15)17-12-9-16-19(10-12)14(2,3)4/h9-11,17H,6,8H2,1-5H3. The van der Waals surface area contributed by atoms with E-state index < -0.39 is 0 Å². The minimum atomic E-state index is -0.351. The van der Waals surface area contributed by atoms with E-state index in [1.807, 2.05) is 16.9 Å². The molecule has 6 heteroatoms. The molecule has 110 valence electrons. The molecule has 1 aromatic heterocycles. The first-order valence-corrected chi connectivity index (χ1v) is 6.69. The summed E-state index contributed by atoms with van der Waals surface area (Å²) in [6.45, 7) is 8.44. The van der Waals surface area contributed by atoms with Crippen LogP contribution in [-0.2, 0) is 10.3 Å². The number of aromatic nitrogens is 2. The van der Waals surface area contributed by atoms with E-state index in [0.29, 0.717) is 13.0 Å². The van der Waals surface area contributed by atoms with Gasteiger partial charge in [0, 0.05) is 19.8 Å². The quantitative estimate of drug-likeness (QED) is 0.890. The fraction of sp³-hybridized carbons (Fsp3) is 0.643. The Morgan fingerprint density at radius 1 is 1.60 bits per heavy atom. The Morgan fingerprint density at radius 3 is 2.75 bits per heavy atom. The van der Waals surface area contributed by atoms with Crippen LogP contribution in [0.5, 0.6) is 0 Å². The predicted octanol–water partition coefficient (Wildman–Crippen LogP) is 1.81. The van der Waals surface area contributed by atoms with Gasteiger partial charge in [-0.05, 0) is 27.7 Å². The van der Waals surface area contributed by atoms with E-state index in [1.165, 1.54) is 0 Å². The molecular formula is C14H23N5O. The summed E-state index contributed by atoms with van der Waals surface area (Å²) in [4.78, 5) is 13.6. The van der Waals surface area contributed by atoms with Crippen molar-refractivity contribution in [1.82, 2.24) is 14.7 Å². The summed E-state index contributed by atoms with van der Waals surface area (Å²) >= 11 is 0. The van der Waals surface area contributed by atoms with Gasteiger partial charge in [0.25, 0.3) is 0 Å². The van der Waals surface area contributed by atoms with Crippen molar-refractivity contribution in [2.24, 2.45) is 0 Å². The SMILES string of the molecule is CC(Nc1cnn(C(C)(C)C)c1)C(=O)N(C)CCC#N. The highest BCUT2D eigenvalue weighted by molar-refractivity contribution is 5.83. The van der Waals surface area contributed by atoms with Gasteiger partial charge in [-0.3, -0.25) is 9.48 Å². The molecule has 0 aliphatic carbocycles. The number of carbonyl (C=O) groups excluding carboxylic acids is 1. The minimum absolute atomic E-state index is 0.0382. The highest BCUT2D eigenvalue weighted by Crippen LogP contribution is 2.16. The molecule has 1 amide bonds. The average molecular weight is 277 g/mol. The largest absolute Gasteiger partial charge is 0.371 e. The van der Waals surface area contributed by atoms with E-state index in [4.69, 9.17) is 5.26 Å². The topological polar surface area (TPSA) is 74.0 Å². The summed E-state index contributed by atoms with van der Waals surface area (Å²) in [5.41, 5.74) is 0.728. The Balaban J connectivity index is 2.62. The molecule has 0 aliphatic rings. The van der Waals surface area contributed by atoms with E-state index in [0.717, 1.165) is 5.69 Å². The maximum atomic E-state index is 12.1. The van der Waals surface area contributed by atoms with Crippen molar-refractivity contribution in [3.8, 4) is 6.07 Å². The van der Waals surface area contributed by atoms with Gasteiger partial charge in [0.2, 0.25) is 5.91 Å². The molecule has 0 bridgehead atoms. The third-order valence-corrected chi connectivity index (χ3v) is 2.96. The Labute approximate surface area is 120 Å². The Morgan fingerprint density at radius 2 is 2.25 bits per heavy atom. The zero-order valence-electron chi connectivity index (χ0n) is 12.8. The number of nitrogens with zero attached hydrogens (tertiary/aromatic N) is 4. The van der Waals surface area contributed by atoms with Crippen molar-refractivity contribution in [3.63, 3.8) is 0 Å². The van der Waals surface area contributed by atoms with Crippen LogP contribution in [-0.4, -0.2) is 40.2 Å². The number of rotatable bonds is 5. The highest BCUT2D eigenvalue weighted by Gasteiger charge is 2.19. The van der Waals surface area contributed by atoms with Crippen LogP contribution >= 0.6 is 0 Å². The number of likely N-dealkylation sites (N-methyl/N-ethyl adjacent to an activating group) is 1. The van der Waals surface area contributed by atoms with Crippen LogP contribution in [0.3, 0.4) is 0 Å². The molecule has 0 spiro atoms. The second kappa shape index (κ2) is 6.42. The van der Waals surface area contributed by atoms with Gasteiger partial charge >= 0.3 is 0 Å². The molecule has 1 atom stereocenters. The Kier molecular flexibility index (Phi) is 5.14. The van der Waals surface area contributed by atoms with Crippen molar-refractivity contribution >= 4 is 11.6 Å². The van der Waals surface area contributed by atoms with Crippen molar-refractivity contribution in [2.45, 2.75) is 45.7 Å². The molecule has 1 heterocycles. The molecule has 0 saturated heterocycles. The lowest BCUT2D eigenvalue weighted by molar-refractivity contribution is -0.130. The molecule has 1 N–H and O–H groups in total. The smallest absolute Gasteiger partial charge is 0.244 e. The lowest BCUT2D eigenvalue weighted by atomic mass is 10.1. The summed E-state index contributed by atoms with van der Waals surface area (Å²) in [6.07, 6.45) is 3.94. The average Bonchev–Trinajstić information content (AvgIpc) is 2.83. The first-order chi connectivity index (χ1) is 9.25. The number of carbonyl (C=O) groups is 1. The number of hydrogen-bond acceptors (Lipinski definition) is 4. The van der Waals surface area contributed by atoms with Crippen molar-refractivity contribution in [3.05, 3.63) is 12.4 Å². The van der Waals surface area contributed by atoms with E-state index in [2.05, 4.69) is 31.2 Å². The minimum Gasteiger partial charge on any atom is -0.371 e. The third kappa shape index (κ3) is 4.26. The van der Waals surface area contributed by atoms with Crippen molar-refractivity contribution < 1.29 is 4.79 Å². The summed E-state index contributed by atoms with van der Waals surface area (Å²) < 4.78 is 1.85. The van der Waals surface area contributed by atoms with Crippen LogP contribution in [0.4, 0.5) is 5.69 Å². The van der Waals surface area contributed by atoms with Crippen LogP contribution in [0.15, 0.2) is 12.4 Å². The summed E-state index contributed by atoms with van der Waals surface area (Å²) in [6, 6.07) is 1.68. The number of amides is 1. The highest BCUT2D eigenvalue weighted by atomic mass is 16.2. The number of nitrogens with one attached hydrogen (secondary N) is 1. The van der Waals surface area contributed by atoms with E-state index in [1.54, 1.807) is 25.1 Å². The summed E-state index contributed by atoms with van der Waals surface area (Å²) in [5, 5.41) is 15.9. The number of hydrogen-bond donors (Lipinski definition) is 1. The van der Waals surface area contributed by atoms with Gasteiger partial charge in [-0.2, -0.15) is 10.4 Å². The second-order valence-electron chi connectivity index (χ2n) is 5.88. The summed E-state index contributed by atoms with van der Waals surface area (Å²) in [5.74, 6) is -0.0382. The maximum Gasteiger partial charge on any atom is 0.244 e. The fourth-order valence-electron chi connectivity index (χ4n) is 1.73. The monoisotopic (exact) mass is 277 g/mol. The zero-order chi connectivity index (χ0) is 15.3. The van der Waals surface area contributed by atoms with Gasteiger partial charge in [0.05, 0.1) is 29.9 Å². The molecular weight excluding hydrogens is 254 g/mol. The summed E-state index contributed by atoms with van der Waals surface area (Å²) in [7, 11) is 1.70. The fourth-order valence-corrected chi connectivity index (χ4v) is 1.73. The lowest BCUT2D eigenvalue weighted by Gasteiger charge is -2.21. The Bertz CT molecular complexity index is 494. The Hall–Kier alpha value is -2.03. The van der Waals surface area contributed by atoms with E-state index >= 15 is 0 Å². The maximum absolute atomic E-state index is 12.1. The van der Waals surface area contributed by atoms with Crippen molar-refractivity contribution in [1.29, 1.82) is 5.26 Å².